The van der Waals surface area contributed by atoms with E-state index >= 15 is 0 Å². The lowest BCUT2D eigenvalue weighted by Crippen LogP contribution is -2.49. The molecule has 2 heterocycles. The third-order valence-electron chi connectivity index (χ3n) is 5.70. The van der Waals surface area contributed by atoms with Crippen LogP contribution in [0.5, 0.6) is 0 Å². The highest BCUT2D eigenvalue weighted by atomic mass is 16.2. The maximum absolute atomic E-state index is 13.0. The van der Waals surface area contributed by atoms with E-state index in [0.717, 1.165) is 18.9 Å². The summed E-state index contributed by atoms with van der Waals surface area (Å²) in [6, 6.07) is 12.7. The monoisotopic (exact) mass is 379 g/mol. The molecular formula is C22H29N5O. The standard InChI is InChI=1S/C22H29N5O/c1-17-23-20(16-21(24-17)25-18-8-4-2-5-9-18)22(28)27-14-12-26(13-15-27)19-10-6-3-7-11-19/h3,6-7,10-11,16,18H,2,4-5,8-9,12-15H2,1H3,(H,23,24,25). The summed E-state index contributed by atoms with van der Waals surface area (Å²) in [5, 5.41) is 3.52. The van der Waals surface area contributed by atoms with Crippen molar-refractivity contribution in [2.45, 2.75) is 45.1 Å². The number of anilines is 2. The lowest BCUT2D eigenvalue weighted by molar-refractivity contribution is 0.0740. The molecule has 6 nitrogen and oxygen atoms in total. The normalized spacial score (nSPS) is 18.2. The molecule has 0 atom stereocenters. The van der Waals surface area contributed by atoms with Gasteiger partial charge in [0.25, 0.3) is 5.91 Å². The zero-order valence-electron chi connectivity index (χ0n) is 16.6. The quantitative estimate of drug-likeness (QED) is 0.881. The zero-order valence-corrected chi connectivity index (χ0v) is 16.6. The van der Waals surface area contributed by atoms with Crippen LogP contribution in [-0.2, 0) is 0 Å². The number of aromatic nitrogens is 2. The number of carbonyl (C=O) groups excluding carboxylic acids is 1. The van der Waals surface area contributed by atoms with Gasteiger partial charge >= 0.3 is 0 Å². The first kappa shape index (κ1) is 18.7. The molecule has 148 valence electrons. The van der Waals surface area contributed by atoms with Crippen molar-refractivity contribution in [2.75, 3.05) is 36.4 Å². The fourth-order valence-electron chi connectivity index (χ4n) is 4.18. The van der Waals surface area contributed by atoms with Gasteiger partial charge in [0.2, 0.25) is 0 Å². The highest BCUT2D eigenvalue weighted by molar-refractivity contribution is 5.93. The number of nitrogens with one attached hydrogen (secondary N) is 1. The van der Waals surface area contributed by atoms with E-state index < -0.39 is 0 Å². The third-order valence-corrected chi connectivity index (χ3v) is 5.70. The fraction of sp³-hybridized carbons (Fsp3) is 0.500. The van der Waals surface area contributed by atoms with Crippen molar-refractivity contribution in [1.29, 1.82) is 0 Å². The minimum atomic E-state index is 0.00454. The lowest BCUT2D eigenvalue weighted by Gasteiger charge is -2.36. The van der Waals surface area contributed by atoms with Gasteiger partial charge in [0.05, 0.1) is 0 Å². The van der Waals surface area contributed by atoms with Gasteiger partial charge in [-0.1, -0.05) is 37.5 Å². The topological polar surface area (TPSA) is 61.4 Å². The summed E-state index contributed by atoms with van der Waals surface area (Å²) in [7, 11) is 0. The van der Waals surface area contributed by atoms with E-state index in [2.05, 4.69) is 44.5 Å². The highest BCUT2D eigenvalue weighted by Crippen LogP contribution is 2.22. The molecule has 2 fully saturated rings. The van der Waals surface area contributed by atoms with Gasteiger partial charge < -0.3 is 15.1 Å². The molecule has 2 aromatic rings. The summed E-state index contributed by atoms with van der Waals surface area (Å²) < 4.78 is 0. The number of rotatable bonds is 4. The van der Waals surface area contributed by atoms with E-state index in [1.807, 2.05) is 24.0 Å². The molecule has 1 aliphatic carbocycles. The number of amides is 1. The SMILES string of the molecule is Cc1nc(NC2CCCCC2)cc(C(=O)N2CCN(c3ccccc3)CC2)n1. The van der Waals surface area contributed by atoms with Gasteiger partial charge in [0, 0.05) is 44.0 Å². The highest BCUT2D eigenvalue weighted by Gasteiger charge is 2.24. The number of aryl methyl sites for hydroxylation is 1. The largest absolute Gasteiger partial charge is 0.368 e. The van der Waals surface area contributed by atoms with Gasteiger partial charge in [-0.2, -0.15) is 0 Å². The Morgan fingerprint density at radius 3 is 2.43 bits per heavy atom. The molecule has 0 spiro atoms. The van der Waals surface area contributed by atoms with E-state index in [4.69, 9.17) is 0 Å². The van der Waals surface area contributed by atoms with Crippen molar-refractivity contribution < 1.29 is 4.79 Å². The molecule has 1 saturated carbocycles. The molecule has 28 heavy (non-hydrogen) atoms. The number of para-hydroxylation sites is 1. The smallest absolute Gasteiger partial charge is 0.272 e. The molecular weight excluding hydrogens is 350 g/mol. The van der Waals surface area contributed by atoms with Crippen LogP contribution < -0.4 is 10.2 Å². The van der Waals surface area contributed by atoms with Gasteiger partial charge in [-0.3, -0.25) is 4.79 Å². The van der Waals surface area contributed by atoms with Crippen molar-refractivity contribution in [3.63, 3.8) is 0 Å². The summed E-state index contributed by atoms with van der Waals surface area (Å²) in [6.07, 6.45) is 6.19. The second kappa shape index (κ2) is 8.59. The Labute approximate surface area is 167 Å². The summed E-state index contributed by atoms with van der Waals surface area (Å²) in [6.45, 7) is 4.96. The molecule has 1 aliphatic heterocycles. The molecule has 1 N–H and O–H groups in total. The molecule has 1 aromatic carbocycles. The van der Waals surface area contributed by atoms with E-state index in [0.29, 0.717) is 30.6 Å². The number of carbonyl (C=O) groups is 1. The van der Waals surface area contributed by atoms with Crippen molar-refractivity contribution in [3.8, 4) is 0 Å². The van der Waals surface area contributed by atoms with E-state index in [-0.39, 0.29) is 5.91 Å². The van der Waals surface area contributed by atoms with Crippen LogP contribution in [-0.4, -0.2) is 53.0 Å². The number of hydrogen-bond donors (Lipinski definition) is 1. The molecule has 1 aromatic heterocycles. The van der Waals surface area contributed by atoms with Crippen LogP contribution in [0.25, 0.3) is 0 Å². The number of benzene rings is 1. The van der Waals surface area contributed by atoms with Crippen molar-refractivity contribution in [1.82, 2.24) is 14.9 Å². The molecule has 4 rings (SSSR count). The number of hydrogen-bond acceptors (Lipinski definition) is 5. The second-order valence-corrected chi connectivity index (χ2v) is 7.78. The predicted molar refractivity (Wildman–Crippen MR) is 112 cm³/mol. The van der Waals surface area contributed by atoms with Crippen LogP contribution in [0.1, 0.15) is 48.4 Å². The predicted octanol–water partition coefficient (Wildman–Crippen LogP) is 3.49. The Morgan fingerprint density at radius 1 is 1.00 bits per heavy atom. The maximum Gasteiger partial charge on any atom is 0.272 e. The van der Waals surface area contributed by atoms with Crippen LogP contribution in [0.15, 0.2) is 36.4 Å². The Balaban J connectivity index is 1.40. The first-order valence-electron chi connectivity index (χ1n) is 10.4. The van der Waals surface area contributed by atoms with Gasteiger partial charge in [0.15, 0.2) is 0 Å². The molecule has 0 radical (unpaired) electrons. The molecule has 0 unspecified atom stereocenters. The zero-order chi connectivity index (χ0) is 19.3. The summed E-state index contributed by atoms with van der Waals surface area (Å²) in [5.41, 5.74) is 1.71. The van der Waals surface area contributed by atoms with Gasteiger partial charge in [0.1, 0.15) is 17.3 Å². The number of nitrogens with zero attached hydrogens (tertiary/aromatic N) is 4. The van der Waals surface area contributed by atoms with Crippen molar-refractivity contribution >= 4 is 17.4 Å². The fourth-order valence-corrected chi connectivity index (χ4v) is 4.18. The average molecular weight is 380 g/mol. The van der Waals surface area contributed by atoms with Crippen molar-refractivity contribution in [2.24, 2.45) is 0 Å². The first-order chi connectivity index (χ1) is 13.7. The van der Waals surface area contributed by atoms with E-state index in [1.54, 1.807) is 0 Å². The van der Waals surface area contributed by atoms with Crippen LogP contribution in [0.2, 0.25) is 0 Å². The van der Waals surface area contributed by atoms with Crippen LogP contribution >= 0.6 is 0 Å². The Hall–Kier alpha value is -2.63. The maximum atomic E-state index is 13.0. The lowest BCUT2D eigenvalue weighted by atomic mass is 9.95. The summed E-state index contributed by atoms with van der Waals surface area (Å²) in [4.78, 5) is 26.2. The summed E-state index contributed by atoms with van der Waals surface area (Å²) >= 11 is 0. The van der Waals surface area contributed by atoms with Gasteiger partial charge in [-0.25, -0.2) is 9.97 Å². The van der Waals surface area contributed by atoms with Crippen LogP contribution in [0, 0.1) is 6.92 Å². The van der Waals surface area contributed by atoms with E-state index in [1.165, 1.54) is 37.8 Å². The number of piperazine rings is 1. The molecule has 2 aliphatic rings. The van der Waals surface area contributed by atoms with Crippen molar-refractivity contribution in [3.05, 3.63) is 47.9 Å². The minimum Gasteiger partial charge on any atom is -0.368 e. The first-order valence-corrected chi connectivity index (χ1v) is 10.4. The summed E-state index contributed by atoms with van der Waals surface area (Å²) in [5.74, 6) is 1.43. The molecule has 1 saturated heterocycles. The van der Waals surface area contributed by atoms with Crippen LogP contribution in [0.3, 0.4) is 0 Å². The molecule has 6 heteroatoms. The Kier molecular flexibility index (Phi) is 5.74. The van der Waals surface area contributed by atoms with Crippen LogP contribution in [0.4, 0.5) is 11.5 Å². The van der Waals surface area contributed by atoms with E-state index in [9.17, 15) is 4.79 Å². The van der Waals surface area contributed by atoms with Gasteiger partial charge in [-0.15, -0.1) is 0 Å². The second-order valence-electron chi connectivity index (χ2n) is 7.78. The average Bonchev–Trinajstić information content (AvgIpc) is 2.74. The van der Waals surface area contributed by atoms with Gasteiger partial charge in [-0.05, 0) is 31.9 Å². The third kappa shape index (κ3) is 4.43. The molecule has 0 bridgehead atoms. The molecule has 1 amide bonds. The Morgan fingerprint density at radius 2 is 1.71 bits per heavy atom. The minimum absolute atomic E-state index is 0.00454. The Bertz CT molecular complexity index is 796.